The van der Waals surface area contributed by atoms with E-state index in [1.54, 1.807) is 11.0 Å². The topological polar surface area (TPSA) is 58.6 Å². The predicted molar refractivity (Wildman–Crippen MR) is 114 cm³/mol. The summed E-state index contributed by atoms with van der Waals surface area (Å²) >= 11 is 0. The molecule has 0 saturated carbocycles. The van der Waals surface area contributed by atoms with Gasteiger partial charge in [0.2, 0.25) is 5.91 Å². The summed E-state index contributed by atoms with van der Waals surface area (Å²) in [6, 6.07) is 15.4. The van der Waals surface area contributed by atoms with Crippen LogP contribution in [0.5, 0.6) is 5.75 Å². The molecule has 154 valence electrons. The number of amides is 2. The van der Waals surface area contributed by atoms with Crippen LogP contribution in [0.1, 0.15) is 48.2 Å². The highest BCUT2D eigenvalue weighted by Crippen LogP contribution is 2.32. The summed E-state index contributed by atoms with van der Waals surface area (Å²) in [5.74, 6) is 0.510. The van der Waals surface area contributed by atoms with E-state index in [9.17, 15) is 9.59 Å². The molecule has 1 heterocycles. The van der Waals surface area contributed by atoms with Crippen molar-refractivity contribution in [2.24, 2.45) is 5.41 Å². The first-order valence-electron chi connectivity index (χ1n) is 10.3. The monoisotopic (exact) mass is 394 g/mol. The Labute approximate surface area is 173 Å². The molecule has 5 nitrogen and oxygen atoms in total. The maximum atomic E-state index is 13.1. The Balaban J connectivity index is 1.67. The average molecular weight is 395 g/mol. The van der Waals surface area contributed by atoms with Gasteiger partial charge in [-0.05, 0) is 51.3 Å². The second-order valence-corrected chi connectivity index (χ2v) is 7.99. The minimum Gasteiger partial charge on any atom is -0.493 e. The SMILES string of the molecule is CCOc1ccccc1C(=O)N1CCCC(C)(C(=O)NCc2ccc(C)cc2)C1. The van der Waals surface area contributed by atoms with Crippen molar-refractivity contribution >= 4 is 11.8 Å². The molecule has 29 heavy (non-hydrogen) atoms. The van der Waals surface area contributed by atoms with E-state index in [2.05, 4.69) is 5.32 Å². The number of piperidine rings is 1. The number of carbonyl (C=O) groups is 2. The van der Waals surface area contributed by atoms with Crippen LogP contribution in [0.4, 0.5) is 0 Å². The summed E-state index contributed by atoms with van der Waals surface area (Å²) in [7, 11) is 0. The Bertz CT molecular complexity index is 863. The fourth-order valence-corrected chi connectivity index (χ4v) is 3.79. The fourth-order valence-electron chi connectivity index (χ4n) is 3.79. The molecule has 0 aromatic heterocycles. The van der Waals surface area contributed by atoms with Crippen LogP contribution < -0.4 is 10.1 Å². The molecule has 1 atom stereocenters. The van der Waals surface area contributed by atoms with Gasteiger partial charge in [-0.1, -0.05) is 42.0 Å². The first kappa shape index (κ1) is 20.9. The molecule has 1 aliphatic heterocycles. The van der Waals surface area contributed by atoms with Crippen LogP contribution >= 0.6 is 0 Å². The number of hydrogen-bond donors (Lipinski definition) is 1. The Morgan fingerprint density at radius 3 is 2.59 bits per heavy atom. The maximum absolute atomic E-state index is 13.1. The van der Waals surface area contributed by atoms with Gasteiger partial charge in [-0.15, -0.1) is 0 Å². The summed E-state index contributed by atoms with van der Waals surface area (Å²) in [6.45, 7) is 7.95. The third-order valence-corrected chi connectivity index (χ3v) is 5.52. The number of rotatable bonds is 6. The van der Waals surface area contributed by atoms with Gasteiger partial charge in [-0.25, -0.2) is 0 Å². The van der Waals surface area contributed by atoms with Gasteiger partial charge < -0.3 is 15.0 Å². The number of carbonyl (C=O) groups excluding carboxylic acids is 2. The number of ether oxygens (including phenoxy) is 1. The van der Waals surface area contributed by atoms with E-state index >= 15 is 0 Å². The first-order valence-corrected chi connectivity index (χ1v) is 10.3. The van der Waals surface area contributed by atoms with Crippen LogP contribution in [0.25, 0.3) is 0 Å². The standard InChI is InChI=1S/C24H30N2O3/c1-4-29-21-9-6-5-8-20(21)22(27)26-15-7-14-24(3,17-26)23(28)25-16-19-12-10-18(2)11-13-19/h5-6,8-13H,4,7,14-17H2,1-3H3,(H,25,28). The Kier molecular flexibility index (Phi) is 6.57. The molecule has 1 saturated heterocycles. The van der Waals surface area contributed by atoms with Crippen molar-refractivity contribution in [1.29, 1.82) is 0 Å². The van der Waals surface area contributed by atoms with Gasteiger partial charge in [0.05, 0.1) is 17.6 Å². The van der Waals surface area contributed by atoms with Crippen LogP contribution in [-0.4, -0.2) is 36.4 Å². The van der Waals surface area contributed by atoms with Crippen LogP contribution in [0.2, 0.25) is 0 Å². The van der Waals surface area contributed by atoms with E-state index in [0.29, 0.717) is 37.6 Å². The fraction of sp³-hybridized carbons (Fsp3) is 0.417. The zero-order valence-electron chi connectivity index (χ0n) is 17.5. The summed E-state index contributed by atoms with van der Waals surface area (Å²) < 4.78 is 5.62. The second kappa shape index (κ2) is 9.12. The highest BCUT2D eigenvalue weighted by atomic mass is 16.5. The van der Waals surface area contributed by atoms with E-state index in [0.717, 1.165) is 18.4 Å². The molecule has 2 aromatic carbocycles. The first-order chi connectivity index (χ1) is 13.9. The molecule has 2 aromatic rings. The van der Waals surface area contributed by atoms with Crippen molar-refractivity contribution in [2.45, 2.75) is 40.2 Å². The van der Waals surface area contributed by atoms with Crippen molar-refractivity contribution < 1.29 is 14.3 Å². The van der Waals surface area contributed by atoms with E-state index in [4.69, 9.17) is 4.74 Å². The lowest BCUT2D eigenvalue weighted by Crippen LogP contribution is -2.51. The third kappa shape index (κ3) is 4.97. The normalized spacial score (nSPS) is 18.9. The number of likely N-dealkylation sites (tertiary alicyclic amines) is 1. The summed E-state index contributed by atoms with van der Waals surface area (Å²) in [5, 5.41) is 3.06. The molecule has 2 amide bonds. The van der Waals surface area contributed by atoms with Gasteiger partial charge >= 0.3 is 0 Å². The van der Waals surface area contributed by atoms with Gasteiger partial charge in [-0.2, -0.15) is 0 Å². The predicted octanol–water partition coefficient (Wildman–Crippen LogP) is 3.95. The van der Waals surface area contributed by atoms with E-state index in [1.165, 1.54) is 5.56 Å². The van der Waals surface area contributed by atoms with Gasteiger partial charge in [-0.3, -0.25) is 9.59 Å². The van der Waals surface area contributed by atoms with E-state index < -0.39 is 5.41 Å². The second-order valence-electron chi connectivity index (χ2n) is 7.99. The van der Waals surface area contributed by atoms with Crippen LogP contribution in [0, 0.1) is 12.3 Å². The van der Waals surface area contributed by atoms with Gasteiger partial charge in [0, 0.05) is 19.6 Å². The highest BCUT2D eigenvalue weighted by Gasteiger charge is 2.39. The van der Waals surface area contributed by atoms with Gasteiger partial charge in [0.25, 0.3) is 5.91 Å². The summed E-state index contributed by atoms with van der Waals surface area (Å²) in [6.07, 6.45) is 1.57. The van der Waals surface area contributed by atoms with E-state index in [1.807, 2.05) is 63.2 Å². The van der Waals surface area contributed by atoms with Crippen molar-refractivity contribution in [3.05, 3.63) is 65.2 Å². The number of nitrogens with zero attached hydrogens (tertiary/aromatic N) is 1. The molecule has 1 fully saturated rings. The van der Waals surface area contributed by atoms with Crippen molar-refractivity contribution in [1.82, 2.24) is 10.2 Å². The quantitative estimate of drug-likeness (QED) is 0.807. The molecule has 1 N–H and O–H groups in total. The molecule has 0 aliphatic carbocycles. The van der Waals surface area contributed by atoms with Gasteiger partial charge in [0.15, 0.2) is 0 Å². The number of benzene rings is 2. The lowest BCUT2D eigenvalue weighted by atomic mass is 9.80. The Morgan fingerprint density at radius 2 is 1.86 bits per heavy atom. The Hall–Kier alpha value is -2.82. The summed E-state index contributed by atoms with van der Waals surface area (Å²) in [5.41, 5.74) is 2.22. The number of para-hydroxylation sites is 1. The smallest absolute Gasteiger partial charge is 0.257 e. The molecule has 1 aliphatic rings. The molecule has 3 rings (SSSR count). The molecule has 5 heteroatoms. The molecule has 1 unspecified atom stereocenters. The molecule has 0 spiro atoms. The zero-order valence-corrected chi connectivity index (χ0v) is 17.5. The molecule has 0 bridgehead atoms. The maximum Gasteiger partial charge on any atom is 0.257 e. The highest BCUT2D eigenvalue weighted by molar-refractivity contribution is 5.97. The Morgan fingerprint density at radius 1 is 1.14 bits per heavy atom. The number of nitrogens with one attached hydrogen (secondary N) is 1. The number of hydrogen-bond acceptors (Lipinski definition) is 3. The van der Waals surface area contributed by atoms with E-state index in [-0.39, 0.29) is 11.8 Å². The molecule has 0 radical (unpaired) electrons. The van der Waals surface area contributed by atoms with Crippen molar-refractivity contribution in [3.63, 3.8) is 0 Å². The van der Waals surface area contributed by atoms with Crippen molar-refractivity contribution in [3.8, 4) is 5.75 Å². The largest absolute Gasteiger partial charge is 0.493 e. The van der Waals surface area contributed by atoms with Crippen LogP contribution in [-0.2, 0) is 11.3 Å². The minimum absolute atomic E-state index is 0.00586. The van der Waals surface area contributed by atoms with Gasteiger partial charge in [0.1, 0.15) is 5.75 Å². The van der Waals surface area contributed by atoms with Crippen LogP contribution in [0.3, 0.4) is 0 Å². The zero-order chi connectivity index (χ0) is 20.9. The minimum atomic E-state index is -0.598. The average Bonchev–Trinajstić information content (AvgIpc) is 2.73. The number of aryl methyl sites for hydroxylation is 1. The lowest BCUT2D eigenvalue weighted by molar-refractivity contribution is -0.132. The molecular formula is C24H30N2O3. The lowest BCUT2D eigenvalue weighted by Gasteiger charge is -2.39. The third-order valence-electron chi connectivity index (χ3n) is 5.52. The van der Waals surface area contributed by atoms with Crippen LogP contribution in [0.15, 0.2) is 48.5 Å². The molecular weight excluding hydrogens is 364 g/mol. The summed E-state index contributed by atoms with van der Waals surface area (Å²) in [4.78, 5) is 27.9. The van der Waals surface area contributed by atoms with Crippen molar-refractivity contribution in [2.75, 3.05) is 19.7 Å².